The number of hydrogen-bond donors (Lipinski definition) is 1. The first-order valence-electron chi connectivity index (χ1n) is 10.2. The molecule has 30 heavy (non-hydrogen) atoms. The van der Waals surface area contributed by atoms with Gasteiger partial charge in [-0.3, -0.25) is 9.59 Å². The predicted molar refractivity (Wildman–Crippen MR) is 118 cm³/mol. The smallest absolute Gasteiger partial charge is 0.255 e. The van der Waals surface area contributed by atoms with E-state index < -0.39 is 0 Å². The minimum Gasteiger partial charge on any atom is -0.494 e. The first-order chi connectivity index (χ1) is 14.5. The Labute approximate surface area is 182 Å². The molecule has 0 aromatic heterocycles. The van der Waals surface area contributed by atoms with E-state index in [1.165, 1.54) is 0 Å². The molecule has 1 N–H and O–H groups in total. The molecule has 3 rings (SSSR count). The van der Waals surface area contributed by atoms with Gasteiger partial charge < -0.3 is 19.7 Å². The van der Waals surface area contributed by atoms with Crippen LogP contribution in [0.15, 0.2) is 36.4 Å². The Morgan fingerprint density at radius 3 is 2.60 bits per heavy atom. The van der Waals surface area contributed by atoms with Crippen LogP contribution in [-0.2, 0) is 11.2 Å². The van der Waals surface area contributed by atoms with Crippen molar-refractivity contribution in [1.29, 1.82) is 0 Å². The van der Waals surface area contributed by atoms with Crippen LogP contribution in [0.3, 0.4) is 0 Å². The third-order valence-corrected chi connectivity index (χ3v) is 5.45. The zero-order chi connectivity index (χ0) is 21.7. The molecule has 6 nitrogen and oxygen atoms in total. The van der Waals surface area contributed by atoms with Gasteiger partial charge in [-0.05, 0) is 69.2 Å². The molecule has 1 aliphatic rings. The summed E-state index contributed by atoms with van der Waals surface area (Å²) < 4.78 is 11.3. The van der Waals surface area contributed by atoms with Crippen molar-refractivity contribution in [2.75, 3.05) is 31.6 Å². The van der Waals surface area contributed by atoms with Gasteiger partial charge in [0.1, 0.15) is 18.1 Å². The van der Waals surface area contributed by atoms with Gasteiger partial charge in [-0.2, -0.15) is 0 Å². The normalized spacial score (nSPS) is 15.0. The van der Waals surface area contributed by atoms with Gasteiger partial charge in [0.05, 0.1) is 23.1 Å². The van der Waals surface area contributed by atoms with Gasteiger partial charge >= 0.3 is 0 Å². The number of halogens is 1. The highest BCUT2D eigenvalue weighted by Crippen LogP contribution is 2.31. The van der Waals surface area contributed by atoms with Gasteiger partial charge in [0.15, 0.2) is 0 Å². The summed E-state index contributed by atoms with van der Waals surface area (Å²) >= 11 is 6.33. The summed E-state index contributed by atoms with van der Waals surface area (Å²) in [6.07, 6.45) is 0.564. The van der Waals surface area contributed by atoms with Crippen LogP contribution in [0.5, 0.6) is 11.5 Å². The van der Waals surface area contributed by atoms with Crippen LogP contribution in [0.2, 0.25) is 5.02 Å². The summed E-state index contributed by atoms with van der Waals surface area (Å²) in [5.74, 6) is 0.947. The van der Waals surface area contributed by atoms with Gasteiger partial charge in [0.2, 0.25) is 5.91 Å². The molecular formula is C23H27ClN2O4. The summed E-state index contributed by atoms with van der Waals surface area (Å²) in [4.78, 5) is 27.0. The lowest BCUT2D eigenvalue weighted by atomic mass is 9.95. The molecule has 160 valence electrons. The van der Waals surface area contributed by atoms with Crippen LogP contribution >= 0.6 is 11.6 Å². The van der Waals surface area contributed by atoms with Crippen molar-refractivity contribution in [2.45, 2.75) is 27.2 Å². The fourth-order valence-electron chi connectivity index (χ4n) is 3.49. The molecule has 1 heterocycles. The third-order valence-electron chi connectivity index (χ3n) is 5.14. The van der Waals surface area contributed by atoms with Crippen molar-refractivity contribution >= 4 is 29.1 Å². The molecule has 0 aliphatic carbocycles. The molecule has 0 saturated carbocycles. The molecule has 0 radical (unpaired) electrons. The van der Waals surface area contributed by atoms with Gasteiger partial charge in [-0.25, -0.2) is 0 Å². The molecule has 0 fully saturated rings. The average Bonchev–Trinajstić information content (AvgIpc) is 2.74. The molecule has 1 atom stereocenters. The fourth-order valence-corrected chi connectivity index (χ4v) is 3.75. The molecular weight excluding hydrogens is 404 g/mol. The van der Waals surface area contributed by atoms with Crippen LogP contribution in [0.25, 0.3) is 0 Å². The van der Waals surface area contributed by atoms with E-state index in [0.29, 0.717) is 49.0 Å². The number of amides is 2. The quantitative estimate of drug-likeness (QED) is 0.706. The Bertz CT molecular complexity index is 927. The Kier molecular flexibility index (Phi) is 7.21. The lowest BCUT2D eigenvalue weighted by Gasteiger charge is -2.25. The first-order valence-corrected chi connectivity index (χ1v) is 10.6. The van der Waals surface area contributed by atoms with E-state index in [0.717, 1.165) is 17.1 Å². The van der Waals surface area contributed by atoms with E-state index in [1.54, 1.807) is 23.1 Å². The molecule has 2 aromatic carbocycles. The topological polar surface area (TPSA) is 67.9 Å². The number of carbonyl (C=O) groups is 2. The van der Waals surface area contributed by atoms with Crippen molar-refractivity contribution in [2.24, 2.45) is 5.92 Å². The number of fused-ring (bicyclic) bond motifs is 1. The average molecular weight is 431 g/mol. The maximum atomic E-state index is 12.8. The van der Waals surface area contributed by atoms with Crippen molar-refractivity contribution in [3.05, 3.63) is 52.5 Å². The van der Waals surface area contributed by atoms with E-state index in [-0.39, 0.29) is 17.7 Å². The highest BCUT2D eigenvalue weighted by Gasteiger charge is 2.27. The second-order valence-corrected chi connectivity index (χ2v) is 7.48. The van der Waals surface area contributed by atoms with E-state index in [9.17, 15) is 9.59 Å². The summed E-state index contributed by atoms with van der Waals surface area (Å²) in [5, 5.41) is 3.20. The highest BCUT2D eigenvalue weighted by molar-refractivity contribution is 6.34. The zero-order valence-electron chi connectivity index (χ0n) is 17.5. The number of nitrogens with zero attached hydrogens (tertiary/aromatic N) is 1. The molecule has 1 unspecified atom stereocenters. The maximum absolute atomic E-state index is 12.8. The van der Waals surface area contributed by atoms with Crippen molar-refractivity contribution < 1.29 is 19.1 Å². The molecule has 2 amide bonds. The lowest BCUT2D eigenvalue weighted by Crippen LogP contribution is -2.32. The van der Waals surface area contributed by atoms with Crippen LogP contribution in [0.4, 0.5) is 5.69 Å². The summed E-state index contributed by atoms with van der Waals surface area (Å²) in [5.41, 5.74) is 1.93. The monoisotopic (exact) mass is 430 g/mol. The molecule has 0 bridgehead atoms. The molecule has 0 spiro atoms. The van der Waals surface area contributed by atoms with Crippen LogP contribution in [-0.4, -0.2) is 43.0 Å². The number of ether oxygens (including phenoxy) is 2. The van der Waals surface area contributed by atoms with E-state index in [4.69, 9.17) is 21.1 Å². The summed E-state index contributed by atoms with van der Waals surface area (Å²) in [6.45, 7) is 7.88. The highest BCUT2D eigenvalue weighted by atomic mass is 35.5. The van der Waals surface area contributed by atoms with Gasteiger partial charge in [-0.1, -0.05) is 11.6 Å². The van der Waals surface area contributed by atoms with Crippen LogP contribution in [0, 0.1) is 5.92 Å². The summed E-state index contributed by atoms with van der Waals surface area (Å²) in [6, 6.07) is 10.6. The Hall–Kier alpha value is -2.73. The first kappa shape index (κ1) is 22.0. The Morgan fingerprint density at radius 1 is 1.17 bits per heavy atom. The Balaban J connectivity index is 1.68. The predicted octanol–water partition coefficient (Wildman–Crippen LogP) is 4.41. The standard InChI is InChI=1S/C23H27ClN2O4/c1-4-26(5-2)23(28)19-9-7-17(13-20(19)24)25-22(27)16-11-15-12-18(29-6-3)8-10-21(15)30-14-16/h7-10,12-13,16H,4-6,11,14H2,1-3H3,(H,25,27). The molecule has 7 heteroatoms. The molecule has 1 aliphatic heterocycles. The largest absolute Gasteiger partial charge is 0.494 e. The van der Waals surface area contributed by atoms with E-state index in [1.807, 2.05) is 39.0 Å². The van der Waals surface area contributed by atoms with E-state index >= 15 is 0 Å². The van der Waals surface area contributed by atoms with Gasteiger partial charge in [0.25, 0.3) is 5.91 Å². The van der Waals surface area contributed by atoms with E-state index in [2.05, 4.69) is 5.32 Å². The zero-order valence-corrected chi connectivity index (χ0v) is 18.3. The number of nitrogens with one attached hydrogen (secondary N) is 1. The number of carbonyl (C=O) groups excluding carboxylic acids is 2. The van der Waals surface area contributed by atoms with Crippen molar-refractivity contribution in [3.63, 3.8) is 0 Å². The second-order valence-electron chi connectivity index (χ2n) is 7.08. The van der Waals surface area contributed by atoms with Gasteiger partial charge in [-0.15, -0.1) is 0 Å². The lowest BCUT2D eigenvalue weighted by molar-refractivity contribution is -0.121. The summed E-state index contributed by atoms with van der Waals surface area (Å²) in [7, 11) is 0. The fraction of sp³-hybridized carbons (Fsp3) is 0.391. The van der Waals surface area contributed by atoms with Crippen LogP contribution < -0.4 is 14.8 Å². The number of rotatable bonds is 7. The number of hydrogen-bond acceptors (Lipinski definition) is 4. The second kappa shape index (κ2) is 9.85. The Morgan fingerprint density at radius 2 is 1.93 bits per heavy atom. The minimum atomic E-state index is -0.329. The SMILES string of the molecule is CCOc1ccc2c(c1)CC(C(=O)Nc1ccc(C(=O)N(CC)CC)c(Cl)c1)CO2. The van der Waals surface area contributed by atoms with Gasteiger partial charge in [0, 0.05) is 18.8 Å². The molecule has 2 aromatic rings. The number of anilines is 1. The van der Waals surface area contributed by atoms with Crippen LogP contribution in [0.1, 0.15) is 36.7 Å². The number of benzene rings is 2. The maximum Gasteiger partial charge on any atom is 0.255 e. The third kappa shape index (κ3) is 4.87. The van der Waals surface area contributed by atoms with Crippen molar-refractivity contribution in [3.8, 4) is 11.5 Å². The molecule has 0 saturated heterocycles. The van der Waals surface area contributed by atoms with Crippen molar-refractivity contribution in [1.82, 2.24) is 4.90 Å². The minimum absolute atomic E-state index is 0.120.